The second-order valence-electron chi connectivity index (χ2n) is 6.29. The highest BCUT2D eigenvalue weighted by molar-refractivity contribution is 9.11. The molecule has 3 nitrogen and oxygen atoms in total. The van der Waals surface area contributed by atoms with Gasteiger partial charge in [-0.3, -0.25) is 0 Å². The zero-order chi connectivity index (χ0) is 16.7. The minimum Gasteiger partial charge on any atom is -0.400 e. The second-order valence-corrected chi connectivity index (χ2v) is 8.00. The zero-order valence-corrected chi connectivity index (χ0v) is 16.2. The van der Waals surface area contributed by atoms with Crippen molar-refractivity contribution in [3.63, 3.8) is 0 Å². The highest BCUT2D eigenvalue weighted by atomic mass is 79.9. The van der Waals surface area contributed by atoms with Gasteiger partial charge in [-0.25, -0.2) is 4.39 Å². The van der Waals surface area contributed by atoms with Crippen LogP contribution in [0.15, 0.2) is 26.6 Å². The van der Waals surface area contributed by atoms with Crippen molar-refractivity contribution in [2.24, 2.45) is 5.73 Å². The molecule has 1 aromatic rings. The smallest absolute Gasteiger partial charge is 0.400 e. The highest BCUT2D eigenvalue weighted by Gasteiger charge is 2.52. The van der Waals surface area contributed by atoms with Crippen LogP contribution in [0.25, 0.3) is 6.08 Å². The van der Waals surface area contributed by atoms with Crippen LogP contribution in [-0.2, 0) is 9.31 Å². The lowest BCUT2D eigenvalue weighted by atomic mass is 9.77. The van der Waals surface area contributed by atoms with Crippen molar-refractivity contribution in [3.05, 3.63) is 37.9 Å². The van der Waals surface area contributed by atoms with E-state index in [1.807, 2.05) is 33.8 Å². The molecule has 1 saturated heterocycles. The fourth-order valence-electron chi connectivity index (χ4n) is 2.09. The standard InChI is InChI=1S/C15H19BBr2FNO2/c1-14(2)15(3,4)22-16(21-14)9(8-20)5-11-12(17)6-10(19)7-13(11)18/h5-7H,8,20H2,1-4H3. The molecule has 1 aliphatic rings. The predicted molar refractivity (Wildman–Crippen MR) is 94.9 cm³/mol. The first-order valence-electron chi connectivity index (χ1n) is 6.98. The predicted octanol–water partition coefficient (Wildman–Crippen LogP) is 4.32. The molecule has 1 fully saturated rings. The Labute approximate surface area is 147 Å². The molecule has 0 bridgehead atoms. The molecule has 0 saturated carbocycles. The third-order valence-electron chi connectivity index (χ3n) is 4.17. The lowest BCUT2D eigenvalue weighted by molar-refractivity contribution is 0.00578. The van der Waals surface area contributed by atoms with E-state index in [2.05, 4.69) is 31.9 Å². The van der Waals surface area contributed by atoms with Gasteiger partial charge in [0, 0.05) is 21.1 Å². The van der Waals surface area contributed by atoms with Crippen LogP contribution in [0, 0.1) is 5.82 Å². The molecule has 22 heavy (non-hydrogen) atoms. The lowest BCUT2D eigenvalue weighted by Crippen LogP contribution is -2.41. The maximum Gasteiger partial charge on any atom is 0.491 e. The van der Waals surface area contributed by atoms with Gasteiger partial charge in [0.05, 0.1) is 11.2 Å². The summed E-state index contributed by atoms with van der Waals surface area (Å²) >= 11 is 6.74. The van der Waals surface area contributed by atoms with E-state index in [4.69, 9.17) is 15.0 Å². The number of benzene rings is 1. The molecule has 0 atom stereocenters. The van der Waals surface area contributed by atoms with Crippen LogP contribution in [0.5, 0.6) is 0 Å². The molecular formula is C15H19BBr2FNO2. The van der Waals surface area contributed by atoms with Crippen molar-refractivity contribution >= 4 is 45.1 Å². The van der Waals surface area contributed by atoms with Crippen LogP contribution in [0.2, 0.25) is 0 Å². The number of hydrogen-bond acceptors (Lipinski definition) is 3. The van der Waals surface area contributed by atoms with Crippen molar-refractivity contribution < 1.29 is 13.7 Å². The summed E-state index contributed by atoms with van der Waals surface area (Å²) in [4.78, 5) is 0. The Kier molecular flexibility index (Phi) is 5.24. The number of halogens is 3. The Morgan fingerprint density at radius 2 is 1.64 bits per heavy atom. The van der Waals surface area contributed by atoms with Gasteiger partial charge in [0.1, 0.15) is 5.82 Å². The number of hydrogen-bond donors (Lipinski definition) is 1. The quantitative estimate of drug-likeness (QED) is 0.720. The molecule has 0 aromatic heterocycles. The first-order valence-corrected chi connectivity index (χ1v) is 8.57. The van der Waals surface area contributed by atoms with Gasteiger partial charge in [0.25, 0.3) is 0 Å². The Morgan fingerprint density at radius 3 is 2.05 bits per heavy atom. The Balaban J connectivity index is 2.38. The van der Waals surface area contributed by atoms with Crippen molar-refractivity contribution in [3.8, 4) is 0 Å². The van der Waals surface area contributed by atoms with Crippen LogP contribution in [0.1, 0.15) is 33.3 Å². The summed E-state index contributed by atoms with van der Waals surface area (Å²) in [5.41, 5.74) is 6.62. The maximum atomic E-state index is 13.4. The molecule has 2 rings (SSSR count). The summed E-state index contributed by atoms with van der Waals surface area (Å²) in [5, 5.41) is 0. The molecule has 7 heteroatoms. The van der Waals surface area contributed by atoms with Gasteiger partial charge in [-0.05, 0) is 45.3 Å². The molecule has 2 N–H and O–H groups in total. The van der Waals surface area contributed by atoms with E-state index in [0.29, 0.717) is 8.95 Å². The molecule has 0 unspecified atom stereocenters. The highest BCUT2D eigenvalue weighted by Crippen LogP contribution is 2.39. The van der Waals surface area contributed by atoms with E-state index in [1.165, 1.54) is 12.1 Å². The molecule has 0 spiro atoms. The van der Waals surface area contributed by atoms with Crippen LogP contribution in [0.4, 0.5) is 4.39 Å². The van der Waals surface area contributed by atoms with Crippen LogP contribution < -0.4 is 5.73 Å². The van der Waals surface area contributed by atoms with Crippen molar-refractivity contribution in [1.29, 1.82) is 0 Å². The lowest BCUT2D eigenvalue weighted by Gasteiger charge is -2.32. The molecule has 1 heterocycles. The molecule has 0 radical (unpaired) electrons. The SMILES string of the molecule is CC1(C)OB(C(=Cc2c(Br)cc(F)cc2Br)CN)OC1(C)C. The van der Waals surface area contributed by atoms with E-state index in [0.717, 1.165) is 11.0 Å². The van der Waals surface area contributed by atoms with Crippen LogP contribution in [-0.4, -0.2) is 24.9 Å². The van der Waals surface area contributed by atoms with Gasteiger partial charge in [0.15, 0.2) is 0 Å². The molecule has 1 aliphatic heterocycles. The van der Waals surface area contributed by atoms with Crippen LogP contribution in [0.3, 0.4) is 0 Å². The van der Waals surface area contributed by atoms with Gasteiger partial charge in [-0.1, -0.05) is 37.9 Å². The van der Waals surface area contributed by atoms with Gasteiger partial charge in [-0.15, -0.1) is 0 Å². The summed E-state index contributed by atoms with van der Waals surface area (Å²) in [5.74, 6) is -0.319. The van der Waals surface area contributed by atoms with Gasteiger partial charge >= 0.3 is 7.12 Å². The summed E-state index contributed by atoms with van der Waals surface area (Å²) in [7, 11) is -0.515. The first kappa shape index (κ1) is 18.1. The third kappa shape index (κ3) is 3.48. The monoisotopic (exact) mass is 433 g/mol. The summed E-state index contributed by atoms with van der Waals surface area (Å²) in [6.45, 7) is 8.25. The van der Waals surface area contributed by atoms with Crippen LogP contribution >= 0.6 is 31.9 Å². The fourth-order valence-corrected chi connectivity index (χ4v) is 3.45. The Hall–Kier alpha value is -0.205. The normalized spacial score (nSPS) is 20.5. The third-order valence-corrected chi connectivity index (χ3v) is 5.48. The van der Waals surface area contributed by atoms with E-state index >= 15 is 0 Å². The first-order chi connectivity index (χ1) is 10.1. The summed E-state index contributed by atoms with van der Waals surface area (Å²) in [6.07, 6.45) is 1.87. The average Bonchev–Trinajstić information content (AvgIpc) is 2.57. The van der Waals surface area contributed by atoms with Crippen molar-refractivity contribution in [1.82, 2.24) is 0 Å². The van der Waals surface area contributed by atoms with E-state index in [1.54, 1.807) is 0 Å². The van der Waals surface area contributed by atoms with E-state index < -0.39 is 18.3 Å². The average molecular weight is 435 g/mol. The molecule has 1 aromatic carbocycles. The zero-order valence-electron chi connectivity index (χ0n) is 13.0. The van der Waals surface area contributed by atoms with Crippen molar-refractivity contribution in [2.45, 2.75) is 38.9 Å². The minimum atomic E-state index is -0.515. The summed E-state index contributed by atoms with van der Waals surface area (Å²) < 4.78 is 26.7. The largest absolute Gasteiger partial charge is 0.491 e. The maximum absolute atomic E-state index is 13.4. The second kappa shape index (κ2) is 6.36. The van der Waals surface area contributed by atoms with Gasteiger partial charge < -0.3 is 15.0 Å². The van der Waals surface area contributed by atoms with E-state index in [9.17, 15) is 4.39 Å². The molecular weight excluding hydrogens is 416 g/mol. The summed E-state index contributed by atoms with van der Waals surface area (Å²) in [6, 6.07) is 2.82. The Bertz CT molecular complexity index is 581. The molecule has 0 amide bonds. The number of nitrogens with two attached hydrogens (primary N) is 1. The van der Waals surface area contributed by atoms with Crippen molar-refractivity contribution in [2.75, 3.05) is 6.54 Å². The molecule has 0 aliphatic carbocycles. The Morgan fingerprint density at radius 1 is 1.18 bits per heavy atom. The fraction of sp³-hybridized carbons (Fsp3) is 0.467. The minimum absolute atomic E-state index is 0.285. The number of rotatable bonds is 3. The topological polar surface area (TPSA) is 44.5 Å². The van der Waals surface area contributed by atoms with Gasteiger partial charge in [-0.2, -0.15) is 0 Å². The van der Waals surface area contributed by atoms with E-state index in [-0.39, 0.29) is 12.4 Å². The molecule has 120 valence electrons. The van der Waals surface area contributed by atoms with Gasteiger partial charge in [0.2, 0.25) is 0 Å².